The number of aromatic amines is 1. The molecule has 3 aromatic carbocycles. The summed E-state index contributed by atoms with van der Waals surface area (Å²) in [6.07, 6.45) is 1.68. The molecular formula is C25H20N4O. The maximum Gasteiger partial charge on any atom is 0.252 e. The number of amides is 1. The van der Waals surface area contributed by atoms with Gasteiger partial charge in [0.25, 0.3) is 5.91 Å². The number of rotatable bonds is 4. The molecule has 0 bridgehead atoms. The third kappa shape index (κ3) is 3.31. The van der Waals surface area contributed by atoms with Crippen molar-refractivity contribution >= 4 is 27.8 Å². The van der Waals surface area contributed by atoms with Crippen molar-refractivity contribution in [2.24, 2.45) is 0 Å². The summed E-state index contributed by atoms with van der Waals surface area (Å²) in [6.45, 7) is 1.91. The number of pyridine rings is 1. The van der Waals surface area contributed by atoms with Crippen LogP contribution in [0, 0.1) is 6.92 Å². The molecule has 0 fully saturated rings. The van der Waals surface area contributed by atoms with E-state index in [9.17, 15) is 4.79 Å². The molecule has 1 unspecified atom stereocenters. The lowest BCUT2D eigenvalue weighted by Gasteiger charge is -2.21. The van der Waals surface area contributed by atoms with Crippen LogP contribution in [-0.2, 0) is 0 Å². The van der Waals surface area contributed by atoms with E-state index < -0.39 is 0 Å². The molecule has 5 rings (SSSR count). The van der Waals surface area contributed by atoms with Crippen LogP contribution >= 0.6 is 0 Å². The van der Waals surface area contributed by atoms with E-state index in [-0.39, 0.29) is 11.9 Å². The summed E-state index contributed by atoms with van der Waals surface area (Å²) in [6, 6.07) is 25.3. The van der Waals surface area contributed by atoms with Crippen molar-refractivity contribution in [3.63, 3.8) is 0 Å². The summed E-state index contributed by atoms with van der Waals surface area (Å²) in [7, 11) is 0. The largest absolute Gasteiger partial charge is 0.345 e. The first-order chi connectivity index (χ1) is 14.7. The van der Waals surface area contributed by atoms with Gasteiger partial charge < -0.3 is 10.3 Å². The second kappa shape index (κ2) is 7.44. The van der Waals surface area contributed by atoms with Crippen molar-refractivity contribution in [3.05, 3.63) is 108 Å². The molecule has 1 amide bonds. The molecule has 5 aromatic rings. The van der Waals surface area contributed by atoms with Gasteiger partial charge in [-0.05, 0) is 42.3 Å². The van der Waals surface area contributed by atoms with E-state index in [1.54, 1.807) is 6.33 Å². The summed E-state index contributed by atoms with van der Waals surface area (Å²) in [5, 5.41) is 4.09. The van der Waals surface area contributed by atoms with Crippen molar-refractivity contribution in [1.82, 2.24) is 20.3 Å². The van der Waals surface area contributed by atoms with Crippen LogP contribution in [0.25, 0.3) is 21.9 Å². The third-order valence-corrected chi connectivity index (χ3v) is 5.27. The number of benzene rings is 3. The van der Waals surface area contributed by atoms with Crippen molar-refractivity contribution in [3.8, 4) is 0 Å². The Balaban J connectivity index is 1.58. The normalized spacial score (nSPS) is 12.2. The van der Waals surface area contributed by atoms with Crippen LogP contribution in [-0.4, -0.2) is 20.9 Å². The monoisotopic (exact) mass is 392 g/mol. The maximum absolute atomic E-state index is 13.4. The molecule has 1 atom stereocenters. The molecule has 0 aliphatic rings. The van der Waals surface area contributed by atoms with Crippen molar-refractivity contribution in [2.75, 3.05) is 0 Å². The predicted octanol–water partition coefficient (Wildman–Crippen LogP) is 4.94. The smallest absolute Gasteiger partial charge is 0.252 e. The number of carbonyl (C=O) groups is 1. The van der Waals surface area contributed by atoms with Crippen LogP contribution in [0.15, 0.2) is 85.2 Å². The van der Waals surface area contributed by atoms with Gasteiger partial charge in [0, 0.05) is 11.1 Å². The van der Waals surface area contributed by atoms with Gasteiger partial charge in [-0.25, -0.2) is 4.98 Å². The van der Waals surface area contributed by atoms with Crippen LogP contribution in [0.3, 0.4) is 0 Å². The Labute approximate surface area is 173 Å². The van der Waals surface area contributed by atoms with Gasteiger partial charge in [0.2, 0.25) is 0 Å². The molecule has 0 radical (unpaired) electrons. The first-order valence-corrected chi connectivity index (χ1v) is 9.84. The summed E-state index contributed by atoms with van der Waals surface area (Å²) in [5.74, 6) is -0.129. The Morgan fingerprint density at radius 2 is 1.70 bits per heavy atom. The third-order valence-electron chi connectivity index (χ3n) is 5.27. The van der Waals surface area contributed by atoms with Gasteiger partial charge in [-0.2, -0.15) is 0 Å². The topological polar surface area (TPSA) is 70.7 Å². The first kappa shape index (κ1) is 18.1. The standard InChI is InChI=1S/C25H20N4O/c1-16-13-20(19-9-5-6-10-21(19)28-16)25(30)29-24(17-7-3-2-4-8-17)18-11-12-22-23(14-18)27-15-26-22/h2-15,24H,1H3,(H,26,27)(H,29,30). The van der Waals surface area contributed by atoms with Crippen LogP contribution in [0.1, 0.15) is 33.2 Å². The van der Waals surface area contributed by atoms with E-state index in [2.05, 4.69) is 20.3 Å². The fourth-order valence-electron chi connectivity index (χ4n) is 3.84. The number of fused-ring (bicyclic) bond motifs is 2. The second-order valence-electron chi connectivity index (χ2n) is 7.32. The van der Waals surface area contributed by atoms with Gasteiger partial charge in [0.1, 0.15) is 0 Å². The Kier molecular flexibility index (Phi) is 4.48. The quantitative estimate of drug-likeness (QED) is 0.455. The van der Waals surface area contributed by atoms with Gasteiger partial charge in [-0.3, -0.25) is 9.78 Å². The number of aryl methyl sites for hydroxylation is 1. The first-order valence-electron chi connectivity index (χ1n) is 9.84. The number of nitrogens with one attached hydrogen (secondary N) is 2. The zero-order chi connectivity index (χ0) is 20.5. The van der Waals surface area contributed by atoms with E-state index in [4.69, 9.17) is 0 Å². The molecule has 5 nitrogen and oxygen atoms in total. The highest BCUT2D eigenvalue weighted by Gasteiger charge is 2.20. The Morgan fingerprint density at radius 1 is 0.900 bits per heavy atom. The molecule has 5 heteroatoms. The zero-order valence-corrected chi connectivity index (χ0v) is 16.5. The van der Waals surface area contributed by atoms with Gasteiger partial charge >= 0.3 is 0 Å². The lowest BCUT2D eigenvalue weighted by Crippen LogP contribution is -2.29. The lowest BCUT2D eigenvalue weighted by atomic mass is 9.97. The average Bonchev–Trinajstić information content (AvgIpc) is 3.25. The Bertz CT molecular complexity index is 1360. The average molecular weight is 392 g/mol. The lowest BCUT2D eigenvalue weighted by molar-refractivity contribution is 0.0944. The van der Waals surface area contributed by atoms with E-state index >= 15 is 0 Å². The van der Waals surface area contributed by atoms with E-state index in [0.717, 1.165) is 38.8 Å². The molecule has 2 N–H and O–H groups in total. The maximum atomic E-state index is 13.4. The van der Waals surface area contributed by atoms with E-state index in [1.165, 1.54) is 0 Å². The zero-order valence-electron chi connectivity index (χ0n) is 16.5. The fraction of sp³-hybridized carbons (Fsp3) is 0.0800. The summed E-state index contributed by atoms with van der Waals surface area (Å²) in [4.78, 5) is 25.4. The highest BCUT2D eigenvalue weighted by molar-refractivity contribution is 6.06. The molecule has 0 saturated heterocycles. The fourth-order valence-corrected chi connectivity index (χ4v) is 3.84. The number of nitrogens with zero attached hydrogens (tertiary/aromatic N) is 2. The number of para-hydroxylation sites is 1. The van der Waals surface area contributed by atoms with Gasteiger partial charge in [0.05, 0.1) is 34.5 Å². The number of imidazole rings is 1. The van der Waals surface area contributed by atoms with Crippen LogP contribution in [0.5, 0.6) is 0 Å². The van der Waals surface area contributed by atoms with Gasteiger partial charge in [-0.15, -0.1) is 0 Å². The Morgan fingerprint density at radius 3 is 2.57 bits per heavy atom. The van der Waals surface area contributed by atoms with E-state index in [0.29, 0.717) is 5.56 Å². The van der Waals surface area contributed by atoms with E-state index in [1.807, 2.05) is 85.8 Å². The van der Waals surface area contributed by atoms with Gasteiger partial charge in [0.15, 0.2) is 0 Å². The molecule has 2 heterocycles. The number of aromatic nitrogens is 3. The minimum Gasteiger partial charge on any atom is -0.345 e. The summed E-state index contributed by atoms with van der Waals surface area (Å²) >= 11 is 0. The highest BCUT2D eigenvalue weighted by Crippen LogP contribution is 2.26. The number of hydrogen-bond acceptors (Lipinski definition) is 3. The summed E-state index contributed by atoms with van der Waals surface area (Å²) in [5.41, 5.74) is 6.09. The number of hydrogen-bond donors (Lipinski definition) is 2. The SMILES string of the molecule is Cc1cc(C(=O)NC(c2ccccc2)c2ccc3nc[nH]c3c2)c2ccccc2n1. The molecule has 146 valence electrons. The van der Waals surface area contributed by atoms with Gasteiger partial charge in [-0.1, -0.05) is 54.6 Å². The van der Waals surface area contributed by atoms with Crippen LogP contribution in [0.4, 0.5) is 0 Å². The molecular weight excluding hydrogens is 372 g/mol. The van der Waals surface area contributed by atoms with Crippen molar-refractivity contribution < 1.29 is 4.79 Å². The molecule has 0 aliphatic carbocycles. The highest BCUT2D eigenvalue weighted by atomic mass is 16.1. The second-order valence-corrected chi connectivity index (χ2v) is 7.32. The molecule has 30 heavy (non-hydrogen) atoms. The van der Waals surface area contributed by atoms with Crippen molar-refractivity contribution in [2.45, 2.75) is 13.0 Å². The van der Waals surface area contributed by atoms with Crippen LogP contribution < -0.4 is 5.32 Å². The Hall–Kier alpha value is -3.99. The number of H-pyrrole nitrogens is 1. The minimum absolute atomic E-state index is 0.129. The minimum atomic E-state index is -0.293. The number of carbonyl (C=O) groups excluding carboxylic acids is 1. The van der Waals surface area contributed by atoms with Crippen molar-refractivity contribution in [1.29, 1.82) is 0 Å². The predicted molar refractivity (Wildman–Crippen MR) is 118 cm³/mol. The molecule has 0 spiro atoms. The molecule has 2 aromatic heterocycles. The molecule has 0 saturated carbocycles. The molecule has 0 aliphatic heterocycles. The van der Waals surface area contributed by atoms with Crippen LogP contribution in [0.2, 0.25) is 0 Å². The summed E-state index contributed by atoms with van der Waals surface area (Å²) < 4.78 is 0.